The van der Waals surface area contributed by atoms with Crippen molar-refractivity contribution in [1.29, 1.82) is 0 Å². The average Bonchev–Trinajstić information content (AvgIpc) is 2.31. The van der Waals surface area contributed by atoms with Crippen molar-refractivity contribution in [3.63, 3.8) is 0 Å². The summed E-state index contributed by atoms with van der Waals surface area (Å²) in [5.74, 6) is -7.80. The number of halogens is 17. The van der Waals surface area contributed by atoms with E-state index in [9.17, 15) is 74.6 Å². The van der Waals surface area contributed by atoms with Gasteiger partial charge in [-0.3, -0.25) is 4.74 Å². The van der Waals surface area contributed by atoms with Crippen molar-refractivity contribution >= 4 is 0 Å². The summed E-state index contributed by atoms with van der Waals surface area (Å²) >= 11 is 0. The van der Waals surface area contributed by atoms with Crippen LogP contribution >= 0.6 is 0 Å². The normalized spacial score (nSPS) is 18.0. The molecule has 0 aliphatic rings. The van der Waals surface area contributed by atoms with Gasteiger partial charge in [0.15, 0.2) is 0 Å². The van der Waals surface area contributed by atoms with Crippen LogP contribution in [0.5, 0.6) is 0 Å². The van der Waals surface area contributed by atoms with Gasteiger partial charge < -0.3 is 0 Å². The molecule has 0 aromatic heterocycles. The van der Waals surface area contributed by atoms with Gasteiger partial charge in [-0.1, -0.05) is 0 Å². The molecule has 0 aliphatic heterocycles. The summed E-state index contributed by atoms with van der Waals surface area (Å²) in [4.78, 5) is 0. The molecule has 0 fully saturated rings. The number of hydrogen-bond donors (Lipinski definition) is 0. The van der Waals surface area contributed by atoms with Gasteiger partial charge >= 0.3 is 48.9 Å². The molecular formula is C8F17O2. The zero-order valence-corrected chi connectivity index (χ0v) is 11.2. The van der Waals surface area contributed by atoms with E-state index in [0.717, 1.165) is 0 Å². The molecule has 0 saturated carbocycles. The molecule has 0 N–H and O–H groups in total. The van der Waals surface area contributed by atoms with Crippen molar-refractivity contribution in [2.75, 3.05) is 0 Å². The second-order valence-corrected chi connectivity index (χ2v) is 4.16. The van der Waals surface area contributed by atoms with E-state index >= 15 is 0 Å². The van der Waals surface area contributed by atoms with Gasteiger partial charge in [-0.2, -0.15) is 70.2 Å². The molecule has 0 rings (SSSR count). The Morgan fingerprint density at radius 2 is 0.852 bits per heavy atom. The molecule has 0 bridgehead atoms. The lowest BCUT2D eigenvalue weighted by atomic mass is 10.2. The maximum atomic E-state index is 13.3. The molecule has 19 heteroatoms. The standard InChI is InChI=1S/C8F17O2/c9-1(2(10,11)12)3(13,14)26-4(15,5(16,17)18)7(22,23)27-8(24,25)6(19,20)21. The summed E-state index contributed by atoms with van der Waals surface area (Å²) < 4.78 is 211. The second-order valence-electron chi connectivity index (χ2n) is 4.16. The molecular weight excluding hydrogens is 451 g/mol. The first-order valence-corrected chi connectivity index (χ1v) is 5.28. The summed E-state index contributed by atoms with van der Waals surface area (Å²) in [6, 6.07) is 0. The fourth-order valence-electron chi connectivity index (χ4n) is 0.953. The van der Waals surface area contributed by atoms with Crippen LogP contribution in [0.15, 0.2) is 0 Å². The largest absolute Gasteiger partial charge is 0.483 e. The molecule has 0 saturated heterocycles. The predicted octanol–water partition coefficient (Wildman–Crippen LogP) is 5.65. The molecule has 0 aliphatic carbocycles. The van der Waals surface area contributed by atoms with Crippen LogP contribution in [-0.4, -0.2) is 42.7 Å². The van der Waals surface area contributed by atoms with Crippen LogP contribution in [0.3, 0.4) is 0 Å². The van der Waals surface area contributed by atoms with Crippen molar-refractivity contribution in [2.45, 2.75) is 42.7 Å². The molecule has 0 amide bonds. The van der Waals surface area contributed by atoms with Gasteiger partial charge in [-0.25, -0.2) is 9.13 Å². The summed E-state index contributed by atoms with van der Waals surface area (Å²) in [6.45, 7) is 0. The van der Waals surface area contributed by atoms with Crippen LogP contribution in [0, 0.1) is 6.17 Å². The Bertz CT molecular complexity index is 514. The fraction of sp³-hybridized carbons (Fsp3) is 0.875. The molecule has 0 heterocycles. The SMILES string of the molecule is F[C](C(F)(F)F)C(F)(F)OC(F)(C(F)(F)F)C(F)(F)OC(F)(F)C(F)(F)F. The summed E-state index contributed by atoms with van der Waals surface area (Å²) in [5.41, 5.74) is 0. The highest BCUT2D eigenvalue weighted by Crippen LogP contribution is 2.55. The van der Waals surface area contributed by atoms with E-state index < -0.39 is 48.9 Å². The minimum atomic E-state index is -7.80. The Kier molecular flexibility index (Phi) is 6.35. The van der Waals surface area contributed by atoms with E-state index in [1.807, 2.05) is 0 Å². The summed E-state index contributed by atoms with van der Waals surface area (Å²) in [5, 5.41) is 0. The Labute approximate surface area is 134 Å². The molecule has 1 radical (unpaired) electrons. The van der Waals surface area contributed by atoms with Crippen LogP contribution in [0.2, 0.25) is 0 Å². The average molecular weight is 451 g/mol. The predicted molar refractivity (Wildman–Crippen MR) is 43.4 cm³/mol. The highest BCUT2D eigenvalue weighted by molar-refractivity contribution is 4.98. The van der Waals surface area contributed by atoms with E-state index in [1.54, 1.807) is 0 Å². The van der Waals surface area contributed by atoms with E-state index in [1.165, 1.54) is 9.47 Å². The first-order chi connectivity index (χ1) is 11.3. The van der Waals surface area contributed by atoms with E-state index in [-0.39, 0.29) is 0 Å². The third-order valence-electron chi connectivity index (χ3n) is 2.10. The molecule has 0 spiro atoms. The van der Waals surface area contributed by atoms with Crippen LogP contribution in [0.25, 0.3) is 0 Å². The molecule has 0 aromatic carbocycles. The third kappa shape index (κ3) is 5.17. The van der Waals surface area contributed by atoms with Gasteiger partial charge in [0, 0.05) is 0 Å². The van der Waals surface area contributed by atoms with Crippen molar-refractivity contribution in [3.8, 4) is 0 Å². The van der Waals surface area contributed by atoms with Crippen LogP contribution < -0.4 is 0 Å². The second kappa shape index (κ2) is 6.66. The lowest BCUT2D eigenvalue weighted by Gasteiger charge is -2.37. The highest BCUT2D eigenvalue weighted by atomic mass is 19.4. The monoisotopic (exact) mass is 451 g/mol. The first-order valence-electron chi connectivity index (χ1n) is 5.28. The number of hydrogen-bond acceptors (Lipinski definition) is 2. The highest BCUT2D eigenvalue weighted by Gasteiger charge is 2.82. The summed E-state index contributed by atoms with van der Waals surface area (Å²) in [7, 11) is 0. The maximum Gasteiger partial charge on any atom is 0.483 e. The zero-order chi connectivity index (χ0) is 22.5. The van der Waals surface area contributed by atoms with Gasteiger partial charge in [0.1, 0.15) is 0 Å². The van der Waals surface area contributed by atoms with Crippen molar-refractivity contribution in [1.82, 2.24) is 0 Å². The molecule has 27 heavy (non-hydrogen) atoms. The topological polar surface area (TPSA) is 18.5 Å². The van der Waals surface area contributed by atoms with Crippen molar-refractivity contribution in [2.24, 2.45) is 0 Å². The van der Waals surface area contributed by atoms with Gasteiger partial charge in [0.2, 0.25) is 0 Å². The Hall–Kier alpha value is -1.27. The number of rotatable bonds is 6. The van der Waals surface area contributed by atoms with Crippen LogP contribution in [0.4, 0.5) is 74.6 Å². The minimum absolute atomic E-state index is 1.23. The zero-order valence-electron chi connectivity index (χ0n) is 11.2. The minimum Gasteiger partial charge on any atom is -0.265 e. The van der Waals surface area contributed by atoms with Crippen LogP contribution in [-0.2, 0) is 9.47 Å². The van der Waals surface area contributed by atoms with Gasteiger partial charge in [0.25, 0.3) is 0 Å². The van der Waals surface area contributed by atoms with E-state index in [2.05, 4.69) is 0 Å². The molecule has 163 valence electrons. The molecule has 1 unspecified atom stereocenters. The fourth-order valence-corrected chi connectivity index (χ4v) is 0.953. The van der Waals surface area contributed by atoms with Gasteiger partial charge in [-0.05, 0) is 0 Å². The number of ether oxygens (including phenoxy) is 2. The molecule has 1 atom stereocenters. The van der Waals surface area contributed by atoms with Crippen molar-refractivity contribution < 1.29 is 84.1 Å². The quantitative estimate of drug-likeness (QED) is 0.486. The van der Waals surface area contributed by atoms with Crippen molar-refractivity contribution in [3.05, 3.63) is 6.17 Å². The maximum absolute atomic E-state index is 13.3. The summed E-state index contributed by atoms with van der Waals surface area (Å²) in [6.07, 6.45) is -49.3. The van der Waals surface area contributed by atoms with Crippen LogP contribution in [0.1, 0.15) is 0 Å². The Balaban J connectivity index is 6.19. The molecule has 0 aromatic rings. The third-order valence-corrected chi connectivity index (χ3v) is 2.10. The lowest BCUT2D eigenvalue weighted by Crippen LogP contribution is -2.64. The number of alkyl halides is 16. The van der Waals surface area contributed by atoms with Gasteiger partial charge in [-0.15, -0.1) is 0 Å². The lowest BCUT2D eigenvalue weighted by molar-refractivity contribution is -0.546. The Morgan fingerprint density at radius 3 is 1.11 bits per heavy atom. The van der Waals surface area contributed by atoms with E-state index in [0.29, 0.717) is 0 Å². The van der Waals surface area contributed by atoms with E-state index in [4.69, 9.17) is 0 Å². The van der Waals surface area contributed by atoms with Gasteiger partial charge in [0.05, 0.1) is 0 Å². The Morgan fingerprint density at radius 1 is 0.481 bits per heavy atom. The smallest absolute Gasteiger partial charge is 0.265 e. The first kappa shape index (κ1) is 25.7. The molecule has 2 nitrogen and oxygen atoms in total.